The minimum Gasteiger partial charge on any atom is -0.303 e. The summed E-state index contributed by atoms with van der Waals surface area (Å²) in [5.41, 5.74) is 0. The summed E-state index contributed by atoms with van der Waals surface area (Å²) in [6.07, 6.45) is 3.91. The Bertz CT molecular complexity index is 123. The number of carbonyl (C=O) groups excluding carboxylic acids is 2. The monoisotopic (exact) mass is 160 g/mol. The minimum absolute atomic E-state index is 0.0187. The zero-order chi connectivity index (χ0) is 7.98. The van der Waals surface area contributed by atoms with Crippen molar-refractivity contribution in [2.24, 2.45) is 0 Å². The van der Waals surface area contributed by atoms with Gasteiger partial charge in [0.2, 0.25) is 0 Å². The van der Waals surface area contributed by atoms with Crippen LogP contribution in [0.2, 0.25) is 0 Å². The Morgan fingerprint density at radius 3 is 2.60 bits per heavy atom. The van der Waals surface area contributed by atoms with Gasteiger partial charge in [-0.05, 0) is 19.6 Å². The van der Waals surface area contributed by atoms with Crippen molar-refractivity contribution in [2.75, 3.05) is 6.26 Å². The minimum atomic E-state index is 0.0187. The Hall–Kier alpha value is -0.310. The third kappa shape index (κ3) is 3.67. The van der Waals surface area contributed by atoms with E-state index in [-0.39, 0.29) is 11.0 Å². The molecule has 0 aliphatic heterocycles. The standard InChI is InChI=1S/C7H12O2S/c1-6(9)7(10-2)4-3-5-8/h5,7H,3-4H2,1-2H3. The van der Waals surface area contributed by atoms with Crippen molar-refractivity contribution in [1.29, 1.82) is 0 Å². The number of rotatable bonds is 5. The van der Waals surface area contributed by atoms with Crippen LogP contribution in [0.3, 0.4) is 0 Å². The molecule has 0 radical (unpaired) electrons. The fourth-order valence-electron chi connectivity index (χ4n) is 0.706. The number of Topliss-reactive ketones (excluding diaryl/α,β-unsaturated/α-hetero) is 1. The second-order valence-corrected chi connectivity index (χ2v) is 3.12. The first kappa shape index (κ1) is 9.69. The van der Waals surface area contributed by atoms with Crippen LogP contribution in [-0.2, 0) is 9.59 Å². The van der Waals surface area contributed by atoms with E-state index < -0.39 is 0 Å². The Morgan fingerprint density at radius 2 is 2.30 bits per heavy atom. The van der Waals surface area contributed by atoms with Crippen LogP contribution in [0.1, 0.15) is 19.8 Å². The Balaban J connectivity index is 3.60. The SMILES string of the molecule is CSC(CCC=O)C(C)=O. The van der Waals surface area contributed by atoms with Crippen molar-refractivity contribution >= 4 is 23.8 Å². The summed E-state index contributed by atoms with van der Waals surface area (Å²) < 4.78 is 0. The van der Waals surface area contributed by atoms with Crippen LogP contribution in [0.5, 0.6) is 0 Å². The second kappa shape index (κ2) is 5.47. The highest BCUT2D eigenvalue weighted by Gasteiger charge is 2.10. The summed E-state index contributed by atoms with van der Waals surface area (Å²) in [5.74, 6) is 0.161. The molecule has 0 aromatic carbocycles. The van der Waals surface area contributed by atoms with Crippen molar-refractivity contribution in [3.63, 3.8) is 0 Å². The molecule has 2 nitrogen and oxygen atoms in total. The van der Waals surface area contributed by atoms with E-state index in [1.54, 1.807) is 6.92 Å². The molecule has 0 fully saturated rings. The van der Waals surface area contributed by atoms with Gasteiger partial charge in [-0.3, -0.25) is 4.79 Å². The van der Waals surface area contributed by atoms with E-state index in [9.17, 15) is 9.59 Å². The maximum absolute atomic E-state index is 10.7. The Labute approximate surface area is 65.4 Å². The molecule has 0 amide bonds. The topological polar surface area (TPSA) is 34.1 Å². The lowest BCUT2D eigenvalue weighted by atomic mass is 10.2. The lowest BCUT2D eigenvalue weighted by Crippen LogP contribution is -2.12. The van der Waals surface area contributed by atoms with Gasteiger partial charge >= 0.3 is 0 Å². The highest BCUT2D eigenvalue weighted by Crippen LogP contribution is 2.12. The van der Waals surface area contributed by atoms with Gasteiger partial charge in [-0.2, -0.15) is 11.8 Å². The normalized spacial score (nSPS) is 12.6. The number of hydrogen-bond acceptors (Lipinski definition) is 3. The maximum atomic E-state index is 10.7. The van der Waals surface area contributed by atoms with Gasteiger partial charge in [-0.25, -0.2) is 0 Å². The van der Waals surface area contributed by atoms with Crippen LogP contribution < -0.4 is 0 Å². The first-order valence-electron chi connectivity index (χ1n) is 3.19. The first-order chi connectivity index (χ1) is 4.72. The molecule has 0 aliphatic rings. The van der Waals surface area contributed by atoms with Crippen molar-refractivity contribution < 1.29 is 9.59 Å². The van der Waals surface area contributed by atoms with Crippen LogP contribution in [0.4, 0.5) is 0 Å². The molecule has 58 valence electrons. The number of hydrogen-bond donors (Lipinski definition) is 0. The van der Waals surface area contributed by atoms with Gasteiger partial charge in [0.05, 0.1) is 5.25 Å². The lowest BCUT2D eigenvalue weighted by Gasteiger charge is -2.06. The predicted molar refractivity (Wildman–Crippen MR) is 43.3 cm³/mol. The van der Waals surface area contributed by atoms with Gasteiger partial charge in [0.15, 0.2) is 0 Å². The van der Waals surface area contributed by atoms with E-state index in [4.69, 9.17) is 0 Å². The molecule has 0 spiro atoms. The van der Waals surface area contributed by atoms with Gasteiger partial charge in [-0.1, -0.05) is 0 Å². The summed E-state index contributed by atoms with van der Waals surface area (Å²) >= 11 is 1.51. The quantitative estimate of drug-likeness (QED) is 0.568. The van der Waals surface area contributed by atoms with E-state index in [0.29, 0.717) is 12.8 Å². The van der Waals surface area contributed by atoms with E-state index in [1.807, 2.05) is 6.26 Å². The number of thioether (sulfide) groups is 1. The van der Waals surface area contributed by atoms with E-state index in [0.717, 1.165) is 6.29 Å². The molecular weight excluding hydrogens is 148 g/mol. The van der Waals surface area contributed by atoms with Crippen LogP contribution in [0.25, 0.3) is 0 Å². The molecule has 0 saturated heterocycles. The first-order valence-corrected chi connectivity index (χ1v) is 4.48. The highest BCUT2D eigenvalue weighted by atomic mass is 32.2. The van der Waals surface area contributed by atoms with E-state index >= 15 is 0 Å². The highest BCUT2D eigenvalue weighted by molar-refractivity contribution is 7.99. The number of aldehydes is 1. The summed E-state index contributed by atoms with van der Waals surface area (Å²) in [7, 11) is 0. The summed E-state index contributed by atoms with van der Waals surface area (Å²) in [6, 6.07) is 0. The molecule has 0 aromatic heterocycles. The van der Waals surface area contributed by atoms with E-state index in [1.165, 1.54) is 11.8 Å². The Morgan fingerprint density at radius 1 is 1.70 bits per heavy atom. The van der Waals surface area contributed by atoms with Crippen LogP contribution in [-0.4, -0.2) is 23.6 Å². The third-order valence-electron chi connectivity index (χ3n) is 1.28. The average molecular weight is 160 g/mol. The summed E-state index contributed by atoms with van der Waals surface area (Å²) in [5, 5.41) is 0.0187. The van der Waals surface area contributed by atoms with Crippen LogP contribution in [0, 0.1) is 0 Å². The molecular formula is C7H12O2S. The summed E-state index contributed by atoms with van der Waals surface area (Å²) in [6.45, 7) is 1.56. The average Bonchev–Trinajstić information content (AvgIpc) is 1.89. The van der Waals surface area contributed by atoms with Gasteiger partial charge in [0.25, 0.3) is 0 Å². The molecule has 1 unspecified atom stereocenters. The number of carbonyl (C=O) groups is 2. The molecule has 0 aromatic rings. The smallest absolute Gasteiger partial charge is 0.142 e. The second-order valence-electron chi connectivity index (χ2n) is 2.08. The molecule has 1 atom stereocenters. The molecule has 0 rings (SSSR count). The molecule has 0 heterocycles. The molecule has 0 aliphatic carbocycles. The molecule has 3 heteroatoms. The molecule has 0 bridgehead atoms. The fraction of sp³-hybridized carbons (Fsp3) is 0.714. The van der Waals surface area contributed by atoms with E-state index in [2.05, 4.69) is 0 Å². The molecule has 10 heavy (non-hydrogen) atoms. The van der Waals surface area contributed by atoms with Crippen LogP contribution in [0.15, 0.2) is 0 Å². The largest absolute Gasteiger partial charge is 0.303 e. The summed E-state index contributed by atoms with van der Waals surface area (Å²) in [4.78, 5) is 20.7. The molecule has 0 N–H and O–H groups in total. The van der Waals surface area contributed by atoms with Gasteiger partial charge in [0.1, 0.15) is 12.1 Å². The van der Waals surface area contributed by atoms with Crippen molar-refractivity contribution in [3.8, 4) is 0 Å². The zero-order valence-electron chi connectivity index (χ0n) is 6.29. The van der Waals surface area contributed by atoms with Gasteiger partial charge in [-0.15, -0.1) is 0 Å². The molecule has 0 saturated carbocycles. The lowest BCUT2D eigenvalue weighted by molar-refractivity contribution is -0.116. The Kier molecular flexibility index (Phi) is 5.30. The number of ketones is 1. The van der Waals surface area contributed by atoms with Gasteiger partial charge < -0.3 is 4.79 Å². The van der Waals surface area contributed by atoms with Crippen molar-refractivity contribution in [2.45, 2.75) is 25.0 Å². The van der Waals surface area contributed by atoms with Crippen molar-refractivity contribution in [1.82, 2.24) is 0 Å². The van der Waals surface area contributed by atoms with Crippen molar-refractivity contribution in [3.05, 3.63) is 0 Å². The zero-order valence-corrected chi connectivity index (χ0v) is 7.11. The fourth-order valence-corrected chi connectivity index (χ4v) is 1.41. The van der Waals surface area contributed by atoms with Gasteiger partial charge in [0, 0.05) is 6.42 Å². The predicted octanol–water partition coefficient (Wildman–Crippen LogP) is 1.29. The van der Waals surface area contributed by atoms with Crippen LogP contribution >= 0.6 is 11.8 Å². The maximum Gasteiger partial charge on any atom is 0.142 e. The third-order valence-corrected chi connectivity index (χ3v) is 2.42.